The summed E-state index contributed by atoms with van der Waals surface area (Å²) < 4.78 is 0. The lowest BCUT2D eigenvalue weighted by Gasteiger charge is -2.07. The van der Waals surface area contributed by atoms with Crippen LogP contribution in [0.2, 0.25) is 0 Å². The summed E-state index contributed by atoms with van der Waals surface area (Å²) in [7, 11) is 0. The Kier molecular flexibility index (Phi) is 3.51. The molecule has 98 valence electrons. The quantitative estimate of drug-likeness (QED) is 0.755. The molecule has 0 radical (unpaired) electrons. The molecule has 3 rings (SSSR count). The zero-order valence-electron chi connectivity index (χ0n) is 10.7. The molecule has 0 saturated heterocycles. The molecule has 5 heteroatoms. The highest BCUT2D eigenvalue weighted by Crippen LogP contribution is 2.15. The number of hydrogen-bond acceptors (Lipinski definition) is 5. The van der Waals surface area contributed by atoms with Crippen LogP contribution < -0.4 is 10.6 Å². The molecule has 0 amide bonds. The van der Waals surface area contributed by atoms with Gasteiger partial charge in [0, 0.05) is 11.4 Å². The molecule has 0 atom stereocenters. The van der Waals surface area contributed by atoms with Gasteiger partial charge < -0.3 is 10.6 Å². The summed E-state index contributed by atoms with van der Waals surface area (Å²) >= 11 is 0. The fourth-order valence-corrected chi connectivity index (χ4v) is 1.74. The third-order valence-electron chi connectivity index (χ3n) is 2.63. The normalized spacial score (nSPS) is 10.0. The van der Waals surface area contributed by atoms with Gasteiger partial charge in [-0.3, -0.25) is 0 Å². The molecule has 0 fully saturated rings. The van der Waals surface area contributed by atoms with E-state index in [9.17, 15) is 0 Å². The Morgan fingerprint density at radius 1 is 0.700 bits per heavy atom. The van der Waals surface area contributed by atoms with Crippen LogP contribution in [0.15, 0.2) is 66.9 Å². The van der Waals surface area contributed by atoms with Crippen molar-refractivity contribution in [2.45, 2.75) is 0 Å². The van der Waals surface area contributed by atoms with E-state index in [4.69, 9.17) is 0 Å². The molecule has 3 aromatic rings. The van der Waals surface area contributed by atoms with E-state index in [-0.39, 0.29) is 0 Å². The second-order valence-electron chi connectivity index (χ2n) is 4.15. The molecule has 0 bridgehead atoms. The van der Waals surface area contributed by atoms with Gasteiger partial charge in [-0.05, 0) is 24.3 Å². The number of anilines is 4. The number of nitrogens with zero attached hydrogens (tertiary/aromatic N) is 3. The van der Waals surface area contributed by atoms with E-state index in [1.54, 1.807) is 6.20 Å². The smallest absolute Gasteiger partial charge is 0.249 e. The highest BCUT2D eigenvalue weighted by Gasteiger charge is 2.01. The zero-order chi connectivity index (χ0) is 13.6. The van der Waals surface area contributed by atoms with Crippen LogP contribution in [0, 0.1) is 0 Å². The van der Waals surface area contributed by atoms with Gasteiger partial charge in [-0.2, -0.15) is 10.1 Å². The van der Waals surface area contributed by atoms with Crippen LogP contribution in [-0.4, -0.2) is 15.2 Å². The summed E-state index contributed by atoms with van der Waals surface area (Å²) in [6, 6.07) is 19.5. The predicted molar refractivity (Wildman–Crippen MR) is 79.3 cm³/mol. The predicted octanol–water partition coefficient (Wildman–Crippen LogP) is 3.36. The van der Waals surface area contributed by atoms with E-state index in [1.165, 1.54) is 0 Å². The molecule has 0 aliphatic rings. The Hall–Kier alpha value is -2.95. The number of hydrogen-bond donors (Lipinski definition) is 2. The van der Waals surface area contributed by atoms with Gasteiger partial charge in [0.25, 0.3) is 0 Å². The Morgan fingerprint density at radius 3 is 1.95 bits per heavy atom. The first-order valence-corrected chi connectivity index (χ1v) is 6.24. The summed E-state index contributed by atoms with van der Waals surface area (Å²) in [6.07, 6.45) is 1.59. The van der Waals surface area contributed by atoms with Crippen LogP contribution in [0.4, 0.5) is 23.1 Å². The summed E-state index contributed by atoms with van der Waals surface area (Å²) in [4.78, 5) is 4.37. The third kappa shape index (κ3) is 3.08. The lowest BCUT2D eigenvalue weighted by atomic mass is 10.3. The fraction of sp³-hybridized carbons (Fsp3) is 0. The van der Waals surface area contributed by atoms with Gasteiger partial charge in [0.15, 0.2) is 5.82 Å². The maximum atomic E-state index is 4.37. The van der Waals surface area contributed by atoms with Crippen LogP contribution in [-0.2, 0) is 0 Å². The molecule has 1 heterocycles. The van der Waals surface area contributed by atoms with Gasteiger partial charge in [0.2, 0.25) is 5.95 Å². The molecule has 20 heavy (non-hydrogen) atoms. The van der Waals surface area contributed by atoms with E-state index >= 15 is 0 Å². The Labute approximate surface area is 116 Å². The largest absolute Gasteiger partial charge is 0.339 e. The number of para-hydroxylation sites is 2. The highest BCUT2D eigenvalue weighted by atomic mass is 15.3. The van der Waals surface area contributed by atoms with Gasteiger partial charge >= 0.3 is 0 Å². The molecule has 0 unspecified atom stereocenters. The number of nitrogens with one attached hydrogen (secondary N) is 2. The number of aromatic nitrogens is 3. The molecule has 0 aliphatic heterocycles. The van der Waals surface area contributed by atoms with Gasteiger partial charge in [-0.1, -0.05) is 36.4 Å². The fourth-order valence-electron chi connectivity index (χ4n) is 1.74. The van der Waals surface area contributed by atoms with E-state index in [2.05, 4.69) is 25.8 Å². The molecule has 2 aromatic carbocycles. The van der Waals surface area contributed by atoms with Crippen molar-refractivity contribution in [1.29, 1.82) is 0 Å². The second-order valence-corrected chi connectivity index (χ2v) is 4.15. The minimum atomic E-state index is 0.456. The molecule has 0 aliphatic carbocycles. The SMILES string of the molecule is c1ccc(Nc2cnnc(Nc3ccccc3)n2)cc1. The van der Waals surface area contributed by atoms with Crippen LogP contribution in [0.1, 0.15) is 0 Å². The molecule has 0 spiro atoms. The van der Waals surface area contributed by atoms with E-state index in [1.807, 2.05) is 60.7 Å². The highest BCUT2D eigenvalue weighted by molar-refractivity contribution is 5.58. The number of benzene rings is 2. The Bertz CT molecular complexity index is 613. The molecule has 5 nitrogen and oxygen atoms in total. The molecule has 0 saturated carbocycles. The summed E-state index contributed by atoms with van der Waals surface area (Å²) in [6.45, 7) is 0. The first-order valence-electron chi connectivity index (χ1n) is 6.24. The van der Waals surface area contributed by atoms with Gasteiger partial charge in [0.05, 0.1) is 6.20 Å². The van der Waals surface area contributed by atoms with Crippen molar-refractivity contribution in [2.24, 2.45) is 0 Å². The summed E-state index contributed by atoms with van der Waals surface area (Å²) in [5.41, 5.74) is 1.88. The van der Waals surface area contributed by atoms with Crippen LogP contribution in [0.25, 0.3) is 0 Å². The van der Waals surface area contributed by atoms with E-state index < -0.39 is 0 Å². The van der Waals surface area contributed by atoms with E-state index in [0.717, 1.165) is 11.4 Å². The van der Waals surface area contributed by atoms with Gasteiger partial charge in [-0.25, -0.2) is 0 Å². The zero-order valence-corrected chi connectivity index (χ0v) is 10.7. The number of rotatable bonds is 4. The first-order chi connectivity index (χ1) is 9.90. The lowest BCUT2D eigenvalue weighted by Crippen LogP contribution is -2.02. The summed E-state index contributed by atoms with van der Waals surface area (Å²) in [5.74, 6) is 1.10. The van der Waals surface area contributed by atoms with Crippen molar-refractivity contribution >= 4 is 23.1 Å². The van der Waals surface area contributed by atoms with Crippen LogP contribution in [0.5, 0.6) is 0 Å². The second kappa shape index (κ2) is 5.79. The maximum absolute atomic E-state index is 4.37. The first kappa shape index (κ1) is 12.1. The molecular formula is C15H13N5. The molecule has 1 aromatic heterocycles. The Morgan fingerprint density at radius 2 is 1.30 bits per heavy atom. The minimum absolute atomic E-state index is 0.456. The topological polar surface area (TPSA) is 62.7 Å². The third-order valence-corrected chi connectivity index (χ3v) is 2.63. The minimum Gasteiger partial charge on any atom is -0.339 e. The van der Waals surface area contributed by atoms with Crippen molar-refractivity contribution in [3.05, 3.63) is 66.9 Å². The average molecular weight is 263 g/mol. The maximum Gasteiger partial charge on any atom is 0.249 e. The lowest BCUT2D eigenvalue weighted by molar-refractivity contribution is 0.982. The van der Waals surface area contributed by atoms with Crippen LogP contribution >= 0.6 is 0 Å². The monoisotopic (exact) mass is 263 g/mol. The van der Waals surface area contributed by atoms with Crippen molar-refractivity contribution < 1.29 is 0 Å². The van der Waals surface area contributed by atoms with Crippen LogP contribution in [0.3, 0.4) is 0 Å². The van der Waals surface area contributed by atoms with Gasteiger partial charge in [-0.15, -0.1) is 5.10 Å². The standard InChI is InChI=1S/C15H13N5/c1-3-7-12(8-4-1)17-14-11-16-20-15(19-14)18-13-9-5-2-6-10-13/h1-11H,(H2,17,18,19,20). The van der Waals surface area contributed by atoms with Crippen molar-refractivity contribution in [3.8, 4) is 0 Å². The molecular weight excluding hydrogens is 250 g/mol. The van der Waals surface area contributed by atoms with Gasteiger partial charge in [0.1, 0.15) is 0 Å². The van der Waals surface area contributed by atoms with E-state index in [0.29, 0.717) is 11.8 Å². The van der Waals surface area contributed by atoms with Crippen molar-refractivity contribution in [2.75, 3.05) is 10.6 Å². The molecule has 2 N–H and O–H groups in total. The van der Waals surface area contributed by atoms with Crippen molar-refractivity contribution in [1.82, 2.24) is 15.2 Å². The summed E-state index contributed by atoms with van der Waals surface area (Å²) in [5, 5.41) is 14.2. The van der Waals surface area contributed by atoms with Crippen molar-refractivity contribution in [3.63, 3.8) is 0 Å². The average Bonchev–Trinajstić information content (AvgIpc) is 2.50. The Balaban J connectivity index is 1.76.